The summed E-state index contributed by atoms with van der Waals surface area (Å²) < 4.78 is 7.96. The number of nitrogens with one attached hydrogen (secondary N) is 1. The molecule has 0 radical (unpaired) electrons. The predicted molar refractivity (Wildman–Crippen MR) is 103 cm³/mol. The molecule has 0 bridgehead atoms. The summed E-state index contributed by atoms with van der Waals surface area (Å²) >= 11 is 7.08. The Morgan fingerprint density at radius 3 is 2.57 bits per heavy atom. The Balaban J connectivity index is 1.88. The molecule has 0 saturated heterocycles. The van der Waals surface area contributed by atoms with Crippen LogP contribution in [0.25, 0.3) is 10.9 Å². The van der Waals surface area contributed by atoms with Gasteiger partial charge in [-0.3, -0.25) is 0 Å². The maximum Gasteiger partial charge on any atom is 0.155 e. The second-order valence-electron chi connectivity index (χ2n) is 5.63. The molecule has 1 aromatic heterocycles. The minimum Gasteiger partial charge on any atom is -0.455 e. The molecule has 0 aliphatic carbocycles. The van der Waals surface area contributed by atoms with Crippen molar-refractivity contribution in [3.63, 3.8) is 0 Å². The van der Waals surface area contributed by atoms with E-state index < -0.39 is 0 Å². The van der Waals surface area contributed by atoms with Crippen LogP contribution >= 0.6 is 31.9 Å². The number of aromatic nitrogens is 1. The zero-order valence-corrected chi connectivity index (χ0v) is 16.2. The van der Waals surface area contributed by atoms with E-state index in [4.69, 9.17) is 4.74 Å². The largest absolute Gasteiger partial charge is 0.455 e. The molecule has 3 rings (SSSR count). The molecule has 0 fully saturated rings. The quantitative estimate of drug-likeness (QED) is 0.405. The van der Waals surface area contributed by atoms with E-state index in [0.717, 1.165) is 32.4 Å². The lowest BCUT2D eigenvalue weighted by Gasteiger charge is -2.10. The second kappa shape index (κ2) is 7.54. The van der Waals surface area contributed by atoms with Gasteiger partial charge < -0.3 is 9.72 Å². The first-order valence-corrected chi connectivity index (χ1v) is 9.49. The van der Waals surface area contributed by atoms with Crippen LogP contribution in [0.15, 0.2) is 51.5 Å². The molecule has 2 nitrogen and oxygen atoms in total. The number of ether oxygens (including phenoxy) is 1. The second-order valence-corrected chi connectivity index (χ2v) is 7.34. The minimum atomic E-state index is 0.801. The van der Waals surface area contributed by atoms with E-state index in [2.05, 4.69) is 62.1 Å². The third kappa shape index (κ3) is 3.81. The lowest BCUT2D eigenvalue weighted by Crippen LogP contribution is -1.88. The lowest BCUT2D eigenvalue weighted by atomic mass is 10.1. The summed E-state index contributed by atoms with van der Waals surface area (Å²) in [6.07, 6.45) is 6.97. The van der Waals surface area contributed by atoms with Crippen molar-refractivity contribution in [3.05, 3.63) is 57.1 Å². The maximum absolute atomic E-state index is 6.09. The van der Waals surface area contributed by atoms with E-state index in [-0.39, 0.29) is 0 Å². The van der Waals surface area contributed by atoms with Crippen LogP contribution in [0.5, 0.6) is 11.5 Å². The molecule has 0 saturated carbocycles. The molecule has 120 valence electrons. The number of aromatic amines is 1. The van der Waals surface area contributed by atoms with E-state index in [9.17, 15) is 0 Å². The fraction of sp³-hybridized carbons (Fsp3) is 0.263. The Morgan fingerprint density at radius 2 is 1.83 bits per heavy atom. The third-order valence-corrected chi connectivity index (χ3v) is 5.18. The molecule has 0 amide bonds. The first-order chi connectivity index (χ1) is 11.2. The van der Waals surface area contributed by atoms with Gasteiger partial charge in [0.05, 0.1) is 8.95 Å². The Labute approximate surface area is 153 Å². The number of unbranched alkanes of at least 4 members (excludes halogenated alkanes) is 2. The van der Waals surface area contributed by atoms with Crippen LogP contribution in [0.3, 0.4) is 0 Å². The summed E-state index contributed by atoms with van der Waals surface area (Å²) in [6, 6.07) is 12.1. The Morgan fingerprint density at radius 1 is 1.04 bits per heavy atom. The van der Waals surface area contributed by atoms with Gasteiger partial charge in [0.2, 0.25) is 0 Å². The van der Waals surface area contributed by atoms with Gasteiger partial charge in [-0.2, -0.15) is 0 Å². The van der Waals surface area contributed by atoms with Crippen LogP contribution in [0, 0.1) is 0 Å². The molecule has 0 unspecified atom stereocenters. The number of rotatable bonds is 6. The van der Waals surface area contributed by atoms with Crippen LogP contribution < -0.4 is 4.74 Å². The lowest BCUT2D eigenvalue weighted by molar-refractivity contribution is 0.477. The molecule has 23 heavy (non-hydrogen) atoms. The average Bonchev–Trinajstić information content (AvgIpc) is 2.94. The Hall–Kier alpha value is -1.26. The molecule has 4 heteroatoms. The number of para-hydroxylation sites is 1. The van der Waals surface area contributed by atoms with Crippen molar-refractivity contribution >= 4 is 42.8 Å². The number of H-pyrrole nitrogens is 1. The highest BCUT2D eigenvalue weighted by Gasteiger charge is 2.10. The molecule has 0 aliphatic rings. The highest BCUT2D eigenvalue weighted by molar-refractivity contribution is 9.11. The topological polar surface area (TPSA) is 25.0 Å². The zero-order chi connectivity index (χ0) is 16.2. The van der Waals surface area contributed by atoms with Gasteiger partial charge in [0, 0.05) is 17.1 Å². The number of halogens is 2. The van der Waals surface area contributed by atoms with Gasteiger partial charge in [0.25, 0.3) is 0 Å². The monoisotopic (exact) mass is 435 g/mol. The summed E-state index contributed by atoms with van der Waals surface area (Å²) in [7, 11) is 0. The molecule has 0 spiro atoms. The van der Waals surface area contributed by atoms with Gasteiger partial charge in [0.1, 0.15) is 5.75 Å². The molecule has 0 atom stereocenters. The summed E-state index contributed by atoms with van der Waals surface area (Å²) in [5.74, 6) is 1.65. The zero-order valence-electron chi connectivity index (χ0n) is 13.0. The number of fused-ring (bicyclic) bond motifs is 1. The smallest absolute Gasteiger partial charge is 0.155 e. The summed E-state index contributed by atoms with van der Waals surface area (Å²) in [5, 5.41) is 1.25. The fourth-order valence-electron chi connectivity index (χ4n) is 2.69. The van der Waals surface area contributed by atoms with Crippen LogP contribution in [0.1, 0.15) is 31.7 Å². The molecule has 3 aromatic rings. The number of aryl methyl sites for hydroxylation is 1. The van der Waals surface area contributed by atoms with Crippen LogP contribution in [0.2, 0.25) is 0 Å². The number of hydrogen-bond donors (Lipinski definition) is 1. The first kappa shape index (κ1) is 16.6. The molecule has 0 aliphatic heterocycles. The molecule has 1 N–H and O–H groups in total. The fourth-order valence-corrected chi connectivity index (χ4v) is 3.85. The minimum absolute atomic E-state index is 0.801. The molecular weight excluding hydrogens is 418 g/mol. The first-order valence-electron chi connectivity index (χ1n) is 7.91. The maximum atomic E-state index is 6.09. The van der Waals surface area contributed by atoms with Crippen molar-refractivity contribution in [2.24, 2.45) is 0 Å². The highest BCUT2D eigenvalue weighted by Crippen LogP contribution is 2.37. The van der Waals surface area contributed by atoms with Gasteiger partial charge in [-0.25, -0.2) is 0 Å². The van der Waals surface area contributed by atoms with Gasteiger partial charge in [-0.15, -0.1) is 0 Å². The van der Waals surface area contributed by atoms with Crippen molar-refractivity contribution in [2.45, 2.75) is 32.6 Å². The van der Waals surface area contributed by atoms with Gasteiger partial charge in [-0.05, 0) is 80.6 Å². The number of benzene rings is 2. The summed E-state index contributed by atoms with van der Waals surface area (Å²) in [4.78, 5) is 3.35. The van der Waals surface area contributed by atoms with Crippen LogP contribution in [-0.4, -0.2) is 4.98 Å². The number of hydrogen-bond acceptors (Lipinski definition) is 1. The predicted octanol–water partition coefficient (Wildman–Crippen LogP) is 7.22. The highest BCUT2D eigenvalue weighted by atomic mass is 79.9. The van der Waals surface area contributed by atoms with E-state index in [1.807, 2.05) is 24.3 Å². The Kier molecular flexibility index (Phi) is 5.44. The SMILES string of the molecule is CCCCCc1c[nH]c2ccc(Oc3c(Br)cccc3Br)cc12. The molecule has 2 aromatic carbocycles. The molecule has 1 heterocycles. The van der Waals surface area contributed by atoms with Gasteiger partial charge in [-0.1, -0.05) is 25.8 Å². The van der Waals surface area contributed by atoms with Crippen molar-refractivity contribution in [1.82, 2.24) is 4.98 Å². The normalized spacial score (nSPS) is 11.1. The van der Waals surface area contributed by atoms with E-state index >= 15 is 0 Å². The van der Waals surface area contributed by atoms with Gasteiger partial charge in [0.15, 0.2) is 5.75 Å². The van der Waals surface area contributed by atoms with Crippen molar-refractivity contribution in [1.29, 1.82) is 0 Å². The van der Waals surface area contributed by atoms with Crippen LogP contribution in [-0.2, 0) is 6.42 Å². The average molecular weight is 437 g/mol. The van der Waals surface area contributed by atoms with E-state index in [1.54, 1.807) is 0 Å². The standard InChI is InChI=1S/C19H19Br2NO/c1-2-3-4-6-13-12-22-18-10-9-14(11-15(13)18)23-19-16(20)7-5-8-17(19)21/h5,7-12,22H,2-4,6H2,1H3. The van der Waals surface area contributed by atoms with Gasteiger partial charge >= 0.3 is 0 Å². The van der Waals surface area contributed by atoms with Crippen molar-refractivity contribution < 1.29 is 4.74 Å². The summed E-state index contributed by atoms with van der Waals surface area (Å²) in [6.45, 7) is 2.23. The van der Waals surface area contributed by atoms with E-state index in [0.29, 0.717) is 0 Å². The van der Waals surface area contributed by atoms with Crippen molar-refractivity contribution in [2.75, 3.05) is 0 Å². The molecular formula is C19H19Br2NO. The third-order valence-electron chi connectivity index (χ3n) is 3.93. The van der Waals surface area contributed by atoms with Crippen molar-refractivity contribution in [3.8, 4) is 11.5 Å². The van der Waals surface area contributed by atoms with Crippen LogP contribution in [0.4, 0.5) is 0 Å². The summed E-state index contributed by atoms with van der Waals surface area (Å²) in [5.41, 5.74) is 2.53. The van der Waals surface area contributed by atoms with E-state index in [1.165, 1.54) is 30.2 Å². The Bertz CT molecular complexity index is 790.